The van der Waals surface area contributed by atoms with Gasteiger partial charge in [-0.15, -0.1) is 0 Å². The molecular weight excluding hydrogens is 252 g/mol. The second-order valence-electron chi connectivity index (χ2n) is 3.84. The molecule has 7 heteroatoms. The average Bonchev–Trinajstić information content (AvgIpc) is 2.38. The number of carbonyl (C=O) groups is 1. The lowest BCUT2D eigenvalue weighted by Gasteiger charge is -2.13. The van der Waals surface area contributed by atoms with Crippen LogP contribution in [0.5, 0.6) is 5.75 Å². The lowest BCUT2D eigenvalue weighted by molar-refractivity contribution is -0.384. The molecular formula is C12H16N2O5. The lowest BCUT2D eigenvalue weighted by atomic mass is 10.2. The highest BCUT2D eigenvalue weighted by molar-refractivity contribution is 5.73. The van der Waals surface area contributed by atoms with E-state index in [1.54, 1.807) is 0 Å². The lowest BCUT2D eigenvalue weighted by Crippen LogP contribution is -2.37. The molecule has 1 atom stereocenters. The summed E-state index contributed by atoms with van der Waals surface area (Å²) in [5.41, 5.74) is -0.0107. The zero-order valence-corrected chi connectivity index (χ0v) is 10.5. The minimum atomic E-state index is -0.922. The van der Waals surface area contributed by atoms with Crippen LogP contribution in [0.15, 0.2) is 24.3 Å². The van der Waals surface area contributed by atoms with Crippen LogP contribution in [-0.4, -0.2) is 35.2 Å². The van der Waals surface area contributed by atoms with Crippen molar-refractivity contribution in [2.45, 2.75) is 19.4 Å². The number of nitrogens with zero attached hydrogens (tertiary/aromatic N) is 1. The van der Waals surface area contributed by atoms with Crippen LogP contribution < -0.4 is 10.1 Å². The van der Waals surface area contributed by atoms with E-state index in [1.165, 1.54) is 24.3 Å². The third kappa shape index (κ3) is 4.92. The Kier molecular flexibility index (Phi) is 5.74. The summed E-state index contributed by atoms with van der Waals surface area (Å²) < 4.78 is 5.34. The number of non-ortho nitro benzene ring substituents is 1. The fourth-order valence-corrected chi connectivity index (χ4v) is 1.52. The second-order valence-corrected chi connectivity index (χ2v) is 3.84. The van der Waals surface area contributed by atoms with Crippen LogP contribution in [0.25, 0.3) is 0 Å². The van der Waals surface area contributed by atoms with Gasteiger partial charge in [-0.3, -0.25) is 14.9 Å². The predicted molar refractivity (Wildman–Crippen MR) is 68.3 cm³/mol. The molecule has 104 valence electrons. The SMILES string of the molecule is CCNC(CCOc1ccc([N+](=O)[O-])cc1)C(=O)O. The van der Waals surface area contributed by atoms with Gasteiger partial charge < -0.3 is 15.2 Å². The number of likely N-dealkylation sites (N-methyl/N-ethyl adjacent to an activating group) is 1. The van der Waals surface area contributed by atoms with E-state index >= 15 is 0 Å². The Bertz CT molecular complexity index is 432. The zero-order valence-electron chi connectivity index (χ0n) is 10.5. The van der Waals surface area contributed by atoms with Gasteiger partial charge in [-0.25, -0.2) is 0 Å². The molecule has 2 N–H and O–H groups in total. The zero-order chi connectivity index (χ0) is 14.3. The summed E-state index contributed by atoms with van der Waals surface area (Å²) in [7, 11) is 0. The summed E-state index contributed by atoms with van der Waals surface area (Å²) in [6, 6.07) is 5.01. The summed E-state index contributed by atoms with van der Waals surface area (Å²) in [5, 5.41) is 22.2. The van der Waals surface area contributed by atoms with E-state index in [-0.39, 0.29) is 12.3 Å². The molecule has 0 bridgehead atoms. The van der Waals surface area contributed by atoms with Gasteiger partial charge >= 0.3 is 5.97 Å². The smallest absolute Gasteiger partial charge is 0.320 e. The molecule has 19 heavy (non-hydrogen) atoms. The number of carboxylic acids is 1. The molecule has 0 fully saturated rings. The van der Waals surface area contributed by atoms with Crippen LogP contribution >= 0.6 is 0 Å². The van der Waals surface area contributed by atoms with Gasteiger partial charge in [0.15, 0.2) is 0 Å². The summed E-state index contributed by atoms with van der Waals surface area (Å²) in [6.45, 7) is 2.61. The molecule has 0 amide bonds. The normalized spacial score (nSPS) is 11.8. The molecule has 0 aliphatic heterocycles. The molecule has 0 aliphatic rings. The molecule has 0 heterocycles. The Morgan fingerprint density at radius 2 is 2.11 bits per heavy atom. The summed E-state index contributed by atoms with van der Waals surface area (Å²) >= 11 is 0. The van der Waals surface area contributed by atoms with E-state index in [9.17, 15) is 14.9 Å². The molecule has 0 saturated carbocycles. The van der Waals surface area contributed by atoms with Gasteiger partial charge in [0.25, 0.3) is 5.69 Å². The number of nitro groups is 1. The average molecular weight is 268 g/mol. The van der Waals surface area contributed by atoms with E-state index in [2.05, 4.69) is 5.32 Å². The van der Waals surface area contributed by atoms with Crippen molar-refractivity contribution in [2.24, 2.45) is 0 Å². The van der Waals surface area contributed by atoms with Gasteiger partial charge in [0.1, 0.15) is 11.8 Å². The highest BCUT2D eigenvalue weighted by Crippen LogP contribution is 2.17. The Labute approximate surface area is 110 Å². The van der Waals surface area contributed by atoms with Crippen molar-refractivity contribution in [2.75, 3.05) is 13.2 Å². The molecule has 1 aromatic rings. The van der Waals surface area contributed by atoms with Gasteiger partial charge in [0.05, 0.1) is 11.5 Å². The number of ether oxygens (including phenoxy) is 1. The van der Waals surface area contributed by atoms with Crippen LogP contribution in [0.4, 0.5) is 5.69 Å². The molecule has 1 unspecified atom stereocenters. The Morgan fingerprint density at radius 3 is 2.58 bits per heavy atom. The standard InChI is InChI=1S/C12H16N2O5/c1-2-13-11(12(15)16)7-8-19-10-5-3-9(4-6-10)14(17)18/h3-6,11,13H,2,7-8H2,1H3,(H,15,16). The minimum Gasteiger partial charge on any atom is -0.494 e. The first-order chi connectivity index (χ1) is 9.04. The highest BCUT2D eigenvalue weighted by Gasteiger charge is 2.15. The number of benzene rings is 1. The van der Waals surface area contributed by atoms with E-state index in [0.29, 0.717) is 18.7 Å². The fraction of sp³-hybridized carbons (Fsp3) is 0.417. The molecule has 0 aromatic heterocycles. The third-order valence-electron chi connectivity index (χ3n) is 2.47. The number of rotatable bonds is 8. The molecule has 0 spiro atoms. The van der Waals surface area contributed by atoms with E-state index in [1.807, 2.05) is 6.92 Å². The van der Waals surface area contributed by atoms with Gasteiger partial charge in [0.2, 0.25) is 0 Å². The minimum absolute atomic E-state index is 0.0107. The van der Waals surface area contributed by atoms with Gasteiger partial charge in [-0.05, 0) is 18.7 Å². The van der Waals surface area contributed by atoms with Crippen molar-refractivity contribution in [1.29, 1.82) is 0 Å². The summed E-state index contributed by atoms with van der Waals surface area (Å²) in [4.78, 5) is 20.8. The topological polar surface area (TPSA) is 102 Å². The van der Waals surface area contributed by atoms with Crippen molar-refractivity contribution < 1.29 is 19.6 Å². The Morgan fingerprint density at radius 1 is 1.47 bits per heavy atom. The summed E-state index contributed by atoms with van der Waals surface area (Å²) in [5.74, 6) is -0.444. The maximum atomic E-state index is 10.9. The molecule has 7 nitrogen and oxygen atoms in total. The molecule has 0 aliphatic carbocycles. The van der Waals surface area contributed by atoms with Crippen molar-refractivity contribution >= 4 is 11.7 Å². The second kappa shape index (κ2) is 7.32. The van der Waals surface area contributed by atoms with E-state index in [4.69, 9.17) is 9.84 Å². The number of nitrogens with one attached hydrogen (secondary N) is 1. The Hall–Kier alpha value is -2.15. The Balaban J connectivity index is 2.43. The first-order valence-corrected chi connectivity index (χ1v) is 5.88. The maximum Gasteiger partial charge on any atom is 0.320 e. The number of aliphatic carboxylic acids is 1. The van der Waals surface area contributed by atoms with Crippen LogP contribution in [0.3, 0.4) is 0 Å². The molecule has 1 aromatic carbocycles. The molecule has 0 saturated heterocycles. The number of nitro benzene ring substituents is 1. The molecule has 0 radical (unpaired) electrons. The first kappa shape index (κ1) is 14.9. The van der Waals surface area contributed by atoms with Gasteiger partial charge in [0, 0.05) is 18.6 Å². The van der Waals surface area contributed by atoms with Crippen molar-refractivity contribution in [3.63, 3.8) is 0 Å². The van der Waals surface area contributed by atoms with Crippen LogP contribution in [0.2, 0.25) is 0 Å². The van der Waals surface area contributed by atoms with Crippen molar-refractivity contribution in [3.05, 3.63) is 34.4 Å². The predicted octanol–water partition coefficient (Wildman–Crippen LogP) is 1.43. The quantitative estimate of drug-likeness (QED) is 0.546. The van der Waals surface area contributed by atoms with E-state index in [0.717, 1.165) is 0 Å². The maximum absolute atomic E-state index is 10.9. The van der Waals surface area contributed by atoms with Crippen LogP contribution in [-0.2, 0) is 4.79 Å². The van der Waals surface area contributed by atoms with Crippen LogP contribution in [0, 0.1) is 10.1 Å². The highest BCUT2D eigenvalue weighted by atomic mass is 16.6. The van der Waals surface area contributed by atoms with Gasteiger partial charge in [-0.1, -0.05) is 6.92 Å². The third-order valence-corrected chi connectivity index (χ3v) is 2.47. The number of carboxylic acid groups (broad SMARTS) is 1. The van der Waals surface area contributed by atoms with Crippen molar-refractivity contribution in [3.8, 4) is 5.75 Å². The number of hydrogen-bond acceptors (Lipinski definition) is 5. The molecule has 1 rings (SSSR count). The summed E-state index contributed by atoms with van der Waals surface area (Å²) in [6.07, 6.45) is 0.320. The van der Waals surface area contributed by atoms with Crippen molar-refractivity contribution in [1.82, 2.24) is 5.32 Å². The number of hydrogen-bond donors (Lipinski definition) is 2. The first-order valence-electron chi connectivity index (χ1n) is 5.88. The van der Waals surface area contributed by atoms with Crippen LogP contribution in [0.1, 0.15) is 13.3 Å². The largest absolute Gasteiger partial charge is 0.494 e. The fourth-order valence-electron chi connectivity index (χ4n) is 1.52. The monoisotopic (exact) mass is 268 g/mol. The van der Waals surface area contributed by atoms with Gasteiger partial charge in [-0.2, -0.15) is 0 Å². The van der Waals surface area contributed by atoms with E-state index < -0.39 is 16.9 Å².